The molecule has 146 valence electrons. The molecule has 0 unspecified atom stereocenters. The van der Waals surface area contributed by atoms with Gasteiger partial charge in [0.25, 0.3) is 5.89 Å². The Labute approximate surface area is 163 Å². The first-order valence-corrected chi connectivity index (χ1v) is 10.5. The Hall–Kier alpha value is -2.58. The lowest BCUT2D eigenvalue weighted by Gasteiger charge is -2.29. The Bertz CT molecular complexity index is 1090. The van der Waals surface area contributed by atoms with Crippen LogP contribution in [0, 0.1) is 12.7 Å². The van der Waals surface area contributed by atoms with Crippen LogP contribution < -0.4 is 0 Å². The van der Waals surface area contributed by atoms with Gasteiger partial charge in [0.15, 0.2) is 5.82 Å². The van der Waals surface area contributed by atoms with Crippen LogP contribution in [0.25, 0.3) is 11.5 Å². The van der Waals surface area contributed by atoms with Crippen molar-refractivity contribution in [3.05, 3.63) is 65.7 Å². The first-order chi connectivity index (χ1) is 13.4. The van der Waals surface area contributed by atoms with Crippen molar-refractivity contribution in [2.24, 2.45) is 0 Å². The number of benzene rings is 2. The number of aryl methyl sites for hydroxylation is 1. The fraction of sp³-hybridized carbons (Fsp3) is 0.300. The van der Waals surface area contributed by atoms with Gasteiger partial charge in [-0.25, -0.2) is 12.8 Å². The van der Waals surface area contributed by atoms with Crippen LogP contribution in [0.4, 0.5) is 4.39 Å². The third kappa shape index (κ3) is 3.70. The lowest BCUT2D eigenvalue weighted by Crippen LogP contribution is -2.38. The molecule has 0 bridgehead atoms. The summed E-state index contributed by atoms with van der Waals surface area (Å²) in [7, 11) is -3.51. The van der Waals surface area contributed by atoms with Gasteiger partial charge in [-0.3, -0.25) is 0 Å². The van der Waals surface area contributed by atoms with E-state index in [0.717, 1.165) is 5.56 Å². The van der Waals surface area contributed by atoms with Crippen molar-refractivity contribution in [1.82, 2.24) is 14.4 Å². The number of hydrogen-bond acceptors (Lipinski definition) is 5. The summed E-state index contributed by atoms with van der Waals surface area (Å²) in [6, 6.07) is 12.9. The average molecular weight is 401 g/mol. The largest absolute Gasteiger partial charge is 0.334 e. The zero-order chi connectivity index (χ0) is 19.7. The SMILES string of the molecule is Cc1cccc(S(=O)(=O)N2CCC(c3noc(-c4cccc(F)c4)n3)CC2)c1. The van der Waals surface area contributed by atoms with Gasteiger partial charge >= 0.3 is 0 Å². The molecule has 0 spiro atoms. The number of aromatic nitrogens is 2. The van der Waals surface area contributed by atoms with Crippen molar-refractivity contribution in [2.75, 3.05) is 13.1 Å². The highest BCUT2D eigenvalue weighted by molar-refractivity contribution is 7.89. The number of halogens is 1. The van der Waals surface area contributed by atoms with Crippen molar-refractivity contribution in [3.63, 3.8) is 0 Å². The van der Waals surface area contributed by atoms with E-state index in [9.17, 15) is 12.8 Å². The minimum atomic E-state index is -3.51. The maximum Gasteiger partial charge on any atom is 0.258 e. The molecule has 1 aromatic heterocycles. The molecular weight excluding hydrogens is 381 g/mol. The molecule has 0 saturated carbocycles. The van der Waals surface area contributed by atoms with Gasteiger partial charge in [0, 0.05) is 24.6 Å². The monoisotopic (exact) mass is 401 g/mol. The van der Waals surface area contributed by atoms with E-state index in [4.69, 9.17) is 4.52 Å². The van der Waals surface area contributed by atoms with Crippen molar-refractivity contribution in [2.45, 2.75) is 30.6 Å². The van der Waals surface area contributed by atoms with Crippen molar-refractivity contribution in [3.8, 4) is 11.5 Å². The quantitative estimate of drug-likeness (QED) is 0.665. The van der Waals surface area contributed by atoms with Gasteiger partial charge in [-0.1, -0.05) is 23.4 Å². The molecule has 1 saturated heterocycles. The van der Waals surface area contributed by atoms with E-state index in [1.54, 1.807) is 30.3 Å². The number of nitrogens with zero attached hydrogens (tertiary/aromatic N) is 3. The molecule has 0 radical (unpaired) electrons. The smallest absolute Gasteiger partial charge is 0.258 e. The molecule has 8 heteroatoms. The fourth-order valence-corrected chi connectivity index (χ4v) is 4.99. The molecule has 6 nitrogen and oxygen atoms in total. The lowest BCUT2D eigenvalue weighted by molar-refractivity contribution is 0.307. The van der Waals surface area contributed by atoms with Crippen LogP contribution >= 0.6 is 0 Å². The summed E-state index contributed by atoms with van der Waals surface area (Å²) in [5.74, 6) is 0.443. The molecule has 4 rings (SSSR count). The van der Waals surface area contributed by atoms with E-state index >= 15 is 0 Å². The van der Waals surface area contributed by atoms with E-state index in [1.807, 2.05) is 13.0 Å². The van der Waals surface area contributed by atoms with Crippen molar-refractivity contribution < 1.29 is 17.3 Å². The summed E-state index contributed by atoms with van der Waals surface area (Å²) in [6.45, 7) is 2.66. The second-order valence-corrected chi connectivity index (χ2v) is 8.90. The zero-order valence-corrected chi connectivity index (χ0v) is 16.2. The standard InChI is InChI=1S/C20H20FN3O3S/c1-14-4-2-7-18(12-14)28(25,26)24-10-8-15(9-11-24)19-22-20(27-23-19)16-5-3-6-17(21)13-16/h2-7,12-13,15H,8-11H2,1H3. The molecule has 2 aromatic carbocycles. The van der Waals surface area contributed by atoms with Crippen LogP contribution in [0.5, 0.6) is 0 Å². The number of rotatable bonds is 4. The molecule has 0 amide bonds. The van der Waals surface area contributed by atoms with E-state index in [-0.39, 0.29) is 17.6 Å². The van der Waals surface area contributed by atoms with Gasteiger partial charge in [-0.15, -0.1) is 0 Å². The molecular formula is C20H20FN3O3S. The molecule has 1 aliphatic rings. The van der Waals surface area contributed by atoms with E-state index in [0.29, 0.717) is 42.2 Å². The van der Waals surface area contributed by atoms with Crippen LogP contribution in [0.1, 0.15) is 30.1 Å². The van der Waals surface area contributed by atoms with Crippen molar-refractivity contribution in [1.29, 1.82) is 0 Å². The van der Waals surface area contributed by atoms with Crippen LogP contribution in [-0.4, -0.2) is 36.0 Å². The summed E-state index contributed by atoms with van der Waals surface area (Å²) < 4.78 is 45.9. The second-order valence-electron chi connectivity index (χ2n) is 6.96. The first kappa shape index (κ1) is 18.8. The van der Waals surface area contributed by atoms with Crippen LogP contribution in [0.3, 0.4) is 0 Å². The predicted octanol–water partition coefficient (Wildman–Crippen LogP) is 3.75. The minimum Gasteiger partial charge on any atom is -0.334 e. The summed E-state index contributed by atoms with van der Waals surface area (Å²) in [4.78, 5) is 4.71. The second kappa shape index (κ2) is 7.44. The number of sulfonamides is 1. The van der Waals surface area contributed by atoms with Gasteiger partial charge in [0.2, 0.25) is 10.0 Å². The maximum atomic E-state index is 13.4. The lowest BCUT2D eigenvalue weighted by atomic mass is 9.97. The Morgan fingerprint density at radius 2 is 1.86 bits per heavy atom. The van der Waals surface area contributed by atoms with E-state index in [1.165, 1.54) is 16.4 Å². The Morgan fingerprint density at radius 1 is 1.11 bits per heavy atom. The summed E-state index contributed by atoms with van der Waals surface area (Å²) in [6.07, 6.45) is 1.21. The minimum absolute atomic E-state index is 0.00928. The molecule has 28 heavy (non-hydrogen) atoms. The molecule has 1 fully saturated rings. The maximum absolute atomic E-state index is 13.4. The zero-order valence-electron chi connectivity index (χ0n) is 15.4. The fourth-order valence-electron chi connectivity index (χ4n) is 3.42. The summed E-state index contributed by atoms with van der Waals surface area (Å²) in [5.41, 5.74) is 1.44. The molecule has 2 heterocycles. The topological polar surface area (TPSA) is 76.3 Å². The third-order valence-corrected chi connectivity index (χ3v) is 6.85. The highest BCUT2D eigenvalue weighted by Crippen LogP contribution is 2.30. The van der Waals surface area contributed by atoms with E-state index < -0.39 is 10.0 Å². The van der Waals surface area contributed by atoms with Gasteiger partial charge in [0.1, 0.15) is 5.82 Å². The van der Waals surface area contributed by atoms with Gasteiger partial charge in [-0.05, 0) is 55.7 Å². The number of hydrogen-bond donors (Lipinski definition) is 0. The third-order valence-electron chi connectivity index (χ3n) is 4.96. The predicted molar refractivity (Wildman–Crippen MR) is 102 cm³/mol. The average Bonchev–Trinajstić information content (AvgIpc) is 3.18. The molecule has 1 aliphatic heterocycles. The molecule has 0 aliphatic carbocycles. The normalized spacial score (nSPS) is 16.4. The Morgan fingerprint density at radius 3 is 2.57 bits per heavy atom. The highest BCUT2D eigenvalue weighted by Gasteiger charge is 2.31. The van der Waals surface area contributed by atoms with Crippen LogP contribution in [0.2, 0.25) is 0 Å². The van der Waals surface area contributed by atoms with Crippen molar-refractivity contribution >= 4 is 10.0 Å². The van der Waals surface area contributed by atoms with Crippen LogP contribution in [-0.2, 0) is 10.0 Å². The summed E-state index contributed by atoms with van der Waals surface area (Å²) in [5, 5.41) is 4.03. The Balaban J connectivity index is 1.46. The number of piperidine rings is 1. The van der Waals surface area contributed by atoms with Gasteiger partial charge in [-0.2, -0.15) is 9.29 Å². The van der Waals surface area contributed by atoms with Crippen LogP contribution in [0.15, 0.2) is 57.9 Å². The highest BCUT2D eigenvalue weighted by atomic mass is 32.2. The summed E-state index contributed by atoms with van der Waals surface area (Å²) >= 11 is 0. The first-order valence-electron chi connectivity index (χ1n) is 9.10. The Kier molecular flexibility index (Phi) is 4.99. The molecule has 0 atom stereocenters. The van der Waals surface area contributed by atoms with Gasteiger partial charge in [0.05, 0.1) is 4.90 Å². The molecule has 0 N–H and O–H groups in total. The molecule has 3 aromatic rings. The van der Waals surface area contributed by atoms with Gasteiger partial charge < -0.3 is 4.52 Å². The van der Waals surface area contributed by atoms with E-state index in [2.05, 4.69) is 10.1 Å².